The number of halogens is 3. The monoisotopic (exact) mass is 482 g/mol. The Bertz CT molecular complexity index is 1060. The van der Waals surface area contributed by atoms with Gasteiger partial charge in [-0.25, -0.2) is 4.39 Å². The summed E-state index contributed by atoms with van der Waals surface area (Å²) in [4.78, 5) is 12.5. The van der Waals surface area contributed by atoms with Crippen molar-refractivity contribution in [3.63, 3.8) is 0 Å². The Balaban J connectivity index is 1.61. The minimum Gasteiger partial charge on any atom is -0.495 e. The molecule has 2 aromatic carbocycles. The summed E-state index contributed by atoms with van der Waals surface area (Å²) in [7, 11) is 1.55. The maximum Gasteiger partial charge on any atom is 0.241 e. The van der Waals surface area contributed by atoms with Gasteiger partial charge >= 0.3 is 0 Å². The Kier molecular flexibility index (Phi) is 8.06. The molecule has 2 N–H and O–H groups in total. The maximum atomic E-state index is 13.3. The normalized spacial score (nSPS) is 10.7. The van der Waals surface area contributed by atoms with E-state index in [1.54, 1.807) is 31.4 Å². The van der Waals surface area contributed by atoms with Crippen LogP contribution >= 0.6 is 35.0 Å². The number of aromatic nitrogens is 2. The predicted molar refractivity (Wildman–Crippen MR) is 124 cm³/mol. The molecule has 3 rings (SSSR count). The molecule has 0 aliphatic heterocycles. The smallest absolute Gasteiger partial charge is 0.241 e. The van der Waals surface area contributed by atoms with Crippen LogP contribution in [-0.4, -0.2) is 42.1 Å². The number of carbonyl (C=O) groups is 1. The zero-order valence-corrected chi connectivity index (χ0v) is 19.2. The molecule has 6 nitrogen and oxygen atoms in total. The number of methoxy groups -OCH3 is 1. The van der Waals surface area contributed by atoms with Gasteiger partial charge in [-0.3, -0.25) is 9.48 Å². The third-order valence-corrected chi connectivity index (χ3v) is 5.85. The lowest BCUT2D eigenvalue weighted by atomic mass is 10.1. The van der Waals surface area contributed by atoms with Crippen molar-refractivity contribution in [3.05, 3.63) is 58.3 Å². The van der Waals surface area contributed by atoms with E-state index in [-0.39, 0.29) is 18.3 Å². The van der Waals surface area contributed by atoms with Gasteiger partial charge in [-0.2, -0.15) is 5.10 Å². The van der Waals surface area contributed by atoms with E-state index in [1.165, 1.54) is 28.6 Å². The minimum absolute atomic E-state index is 0.0121. The lowest BCUT2D eigenvalue weighted by Gasteiger charge is -2.11. The van der Waals surface area contributed by atoms with E-state index in [0.29, 0.717) is 45.2 Å². The van der Waals surface area contributed by atoms with Gasteiger partial charge in [0, 0.05) is 30.4 Å². The molecular formula is C21H21Cl2FN4O2S. The number of anilines is 1. The molecule has 0 spiro atoms. The summed E-state index contributed by atoms with van der Waals surface area (Å²) in [6.07, 6.45) is 1.85. The average Bonchev–Trinajstić information content (AvgIpc) is 3.07. The van der Waals surface area contributed by atoms with E-state index in [4.69, 9.17) is 27.9 Å². The van der Waals surface area contributed by atoms with Crippen molar-refractivity contribution in [3.8, 4) is 17.0 Å². The van der Waals surface area contributed by atoms with Crippen LogP contribution in [0.2, 0.25) is 10.0 Å². The highest BCUT2D eigenvalue weighted by Gasteiger charge is 2.19. The molecule has 1 aromatic heterocycles. The Hall–Kier alpha value is -2.42. The Labute approximate surface area is 194 Å². The van der Waals surface area contributed by atoms with Crippen LogP contribution in [0, 0.1) is 5.82 Å². The first-order chi connectivity index (χ1) is 14.9. The molecule has 164 valence electrons. The summed E-state index contributed by atoms with van der Waals surface area (Å²) >= 11 is 13.9. The highest BCUT2D eigenvalue weighted by Crippen LogP contribution is 2.35. The molecule has 0 saturated carbocycles. The van der Waals surface area contributed by atoms with Crippen molar-refractivity contribution in [2.75, 3.05) is 31.8 Å². The fourth-order valence-corrected chi connectivity index (χ4v) is 4.04. The van der Waals surface area contributed by atoms with Crippen LogP contribution in [0.5, 0.6) is 5.75 Å². The molecule has 1 heterocycles. The van der Waals surface area contributed by atoms with Crippen LogP contribution in [0.3, 0.4) is 0 Å². The van der Waals surface area contributed by atoms with E-state index >= 15 is 0 Å². The van der Waals surface area contributed by atoms with Gasteiger partial charge in [0.2, 0.25) is 5.91 Å². The Morgan fingerprint density at radius 1 is 1.19 bits per heavy atom. The van der Waals surface area contributed by atoms with Crippen LogP contribution in [0.15, 0.2) is 47.5 Å². The molecule has 0 atom stereocenters. The summed E-state index contributed by atoms with van der Waals surface area (Å²) in [5.41, 5.74) is 2.09. The van der Waals surface area contributed by atoms with Crippen molar-refractivity contribution in [1.82, 2.24) is 15.1 Å². The van der Waals surface area contributed by atoms with E-state index in [1.807, 2.05) is 12.3 Å². The van der Waals surface area contributed by atoms with Crippen molar-refractivity contribution < 1.29 is 13.9 Å². The molecule has 31 heavy (non-hydrogen) atoms. The lowest BCUT2D eigenvalue weighted by Crippen LogP contribution is -2.32. The summed E-state index contributed by atoms with van der Waals surface area (Å²) < 4.78 is 20.0. The molecule has 0 fully saturated rings. The highest BCUT2D eigenvalue weighted by molar-refractivity contribution is 7.98. The van der Waals surface area contributed by atoms with Gasteiger partial charge in [0.15, 0.2) is 0 Å². The second kappa shape index (κ2) is 10.7. The zero-order valence-electron chi connectivity index (χ0n) is 16.9. The van der Waals surface area contributed by atoms with E-state index in [0.717, 1.165) is 5.69 Å². The molecule has 3 aromatic rings. The van der Waals surface area contributed by atoms with Crippen LogP contribution in [0.25, 0.3) is 11.3 Å². The molecular weight excluding hydrogens is 462 g/mol. The second-order valence-electron chi connectivity index (χ2n) is 6.46. The van der Waals surface area contributed by atoms with Gasteiger partial charge in [0.1, 0.15) is 28.2 Å². The Morgan fingerprint density at radius 2 is 1.94 bits per heavy atom. The summed E-state index contributed by atoms with van der Waals surface area (Å²) in [5.74, 6) is 0.00873. The third kappa shape index (κ3) is 5.84. The lowest BCUT2D eigenvalue weighted by molar-refractivity contribution is -0.121. The van der Waals surface area contributed by atoms with Gasteiger partial charge in [-0.15, -0.1) is 11.8 Å². The largest absolute Gasteiger partial charge is 0.495 e. The molecule has 0 unspecified atom stereocenters. The Morgan fingerprint density at radius 3 is 2.61 bits per heavy atom. The first-order valence-corrected chi connectivity index (χ1v) is 11.3. The van der Waals surface area contributed by atoms with Crippen molar-refractivity contribution in [2.24, 2.45) is 0 Å². The highest BCUT2D eigenvalue weighted by atomic mass is 35.5. The fourth-order valence-electron chi connectivity index (χ4n) is 2.92. The minimum atomic E-state index is -0.348. The number of rotatable bonds is 9. The molecule has 0 saturated heterocycles. The molecule has 0 radical (unpaired) electrons. The van der Waals surface area contributed by atoms with Gasteiger partial charge in [-0.05, 0) is 42.7 Å². The first kappa shape index (κ1) is 23.2. The van der Waals surface area contributed by atoms with E-state index in [9.17, 15) is 9.18 Å². The van der Waals surface area contributed by atoms with Crippen LogP contribution < -0.4 is 15.4 Å². The second-order valence-corrected chi connectivity index (χ2v) is 8.04. The third-order valence-electron chi connectivity index (χ3n) is 4.40. The van der Waals surface area contributed by atoms with E-state index in [2.05, 4.69) is 15.7 Å². The van der Waals surface area contributed by atoms with Crippen molar-refractivity contribution in [2.45, 2.75) is 11.6 Å². The number of amides is 1. The molecule has 10 heteroatoms. The molecule has 0 bridgehead atoms. The maximum absolute atomic E-state index is 13.3. The van der Waals surface area contributed by atoms with Gasteiger partial charge in [0.05, 0.1) is 17.8 Å². The van der Waals surface area contributed by atoms with Crippen molar-refractivity contribution >= 4 is 46.6 Å². The number of hydrogen-bond acceptors (Lipinski definition) is 5. The number of carbonyl (C=O) groups excluding carboxylic acids is 1. The number of nitrogens with one attached hydrogen (secondary N) is 2. The van der Waals surface area contributed by atoms with Crippen LogP contribution in [-0.2, 0) is 11.3 Å². The topological polar surface area (TPSA) is 68.2 Å². The quantitative estimate of drug-likeness (QED) is 0.333. The standard InChI is InChI=1S/C21H21Cl2FN4O2S/c1-30-17-11-15(7-8-16(17)22)25-9-10-26-18(29)12-28-20(19(23)21(27-28)31-2)13-3-5-14(24)6-4-13/h3-8,11,25H,9-10,12H2,1-2H3,(H,26,29). The van der Waals surface area contributed by atoms with Crippen LogP contribution in [0.1, 0.15) is 0 Å². The number of ether oxygens (including phenoxy) is 1. The van der Waals surface area contributed by atoms with E-state index < -0.39 is 0 Å². The molecule has 0 aliphatic carbocycles. The summed E-state index contributed by atoms with van der Waals surface area (Å²) in [5, 5.41) is 12.0. The predicted octanol–water partition coefficient (Wildman–Crippen LogP) is 4.95. The number of hydrogen-bond donors (Lipinski definition) is 2. The average molecular weight is 483 g/mol. The summed E-state index contributed by atoms with van der Waals surface area (Å²) in [6.45, 7) is 0.902. The summed E-state index contributed by atoms with van der Waals surface area (Å²) in [6, 6.07) is 11.3. The van der Waals surface area contributed by atoms with Crippen molar-refractivity contribution in [1.29, 1.82) is 0 Å². The fraction of sp³-hybridized carbons (Fsp3) is 0.238. The zero-order chi connectivity index (χ0) is 22.4. The van der Waals surface area contributed by atoms with Gasteiger partial charge < -0.3 is 15.4 Å². The number of thioether (sulfide) groups is 1. The SMILES string of the molecule is COc1cc(NCCNC(=O)Cn2nc(SC)c(Cl)c2-c2ccc(F)cc2)ccc1Cl. The van der Waals surface area contributed by atoms with Gasteiger partial charge in [-0.1, -0.05) is 23.2 Å². The van der Waals surface area contributed by atoms with Gasteiger partial charge in [0.25, 0.3) is 0 Å². The van der Waals surface area contributed by atoms with Crippen LogP contribution in [0.4, 0.5) is 10.1 Å². The molecule has 0 aliphatic rings. The number of nitrogens with zero attached hydrogens (tertiary/aromatic N) is 2. The molecule has 1 amide bonds. The first-order valence-electron chi connectivity index (χ1n) is 9.33. The number of benzene rings is 2.